The van der Waals surface area contributed by atoms with Crippen molar-refractivity contribution >= 4 is 34.9 Å². The maximum atomic E-state index is 13.5. The SMILES string of the molecule is Nc1c(Cl)cccc1NC(CC(=O)N1CCC(C(=O)O)C2CCCCC21)c1ccccc1. The monoisotopic (exact) mass is 455 g/mol. The molecule has 1 saturated carbocycles. The number of fused-ring (bicyclic) bond motifs is 1. The number of likely N-dealkylation sites (tertiary alicyclic amines) is 1. The van der Waals surface area contributed by atoms with Crippen LogP contribution in [0, 0.1) is 11.8 Å². The highest BCUT2D eigenvalue weighted by atomic mass is 35.5. The van der Waals surface area contributed by atoms with Crippen LogP contribution in [-0.4, -0.2) is 34.5 Å². The van der Waals surface area contributed by atoms with Crippen LogP contribution in [0.2, 0.25) is 5.02 Å². The van der Waals surface area contributed by atoms with Gasteiger partial charge in [-0.3, -0.25) is 9.59 Å². The number of amides is 1. The standard InChI is InChI=1S/C25H30ClN3O3/c26-19-10-6-11-20(24(19)27)28-21(16-7-2-1-3-8-16)15-23(30)29-14-13-18(25(31)32)17-9-4-5-12-22(17)29/h1-3,6-8,10-11,17-18,21-22,28H,4-5,9,12-15,27H2,(H,31,32). The number of rotatable bonds is 6. The first kappa shape index (κ1) is 22.5. The Morgan fingerprint density at radius 2 is 1.84 bits per heavy atom. The Hall–Kier alpha value is -2.73. The van der Waals surface area contributed by atoms with Crippen LogP contribution in [0.15, 0.2) is 48.5 Å². The van der Waals surface area contributed by atoms with Crippen LogP contribution in [0.3, 0.4) is 0 Å². The highest BCUT2D eigenvalue weighted by Crippen LogP contribution is 2.40. The van der Waals surface area contributed by atoms with E-state index in [-0.39, 0.29) is 36.2 Å². The topological polar surface area (TPSA) is 95.7 Å². The van der Waals surface area contributed by atoms with Crippen LogP contribution in [0.25, 0.3) is 0 Å². The fourth-order valence-electron chi connectivity index (χ4n) is 5.35. The number of halogens is 1. The van der Waals surface area contributed by atoms with E-state index in [1.165, 1.54) is 0 Å². The lowest BCUT2D eigenvalue weighted by molar-refractivity contribution is -0.153. The predicted octanol–water partition coefficient (Wildman–Crippen LogP) is 4.96. The third-order valence-corrected chi connectivity index (χ3v) is 7.31. The summed E-state index contributed by atoms with van der Waals surface area (Å²) in [4.78, 5) is 27.3. The summed E-state index contributed by atoms with van der Waals surface area (Å²) in [6, 6.07) is 15.0. The van der Waals surface area contributed by atoms with Crippen LogP contribution in [0.4, 0.5) is 11.4 Å². The third kappa shape index (κ3) is 4.70. The number of para-hydroxylation sites is 1. The highest BCUT2D eigenvalue weighted by molar-refractivity contribution is 6.33. The van der Waals surface area contributed by atoms with Gasteiger partial charge in [0, 0.05) is 12.6 Å². The molecule has 1 aliphatic carbocycles. The van der Waals surface area contributed by atoms with Gasteiger partial charge in [-0.15, -0.1) is 0 Å². The molecular weight excluding hydrogens is 426 g/mol. The Kier molecular flexibility index (Phi) is 6.89. The first-order valence-electron chi connectivity index (χ1n) is 11.3. The van der Waals surface area contributed by atoms with Crippen molar-refractivity contribution in [1.82, 2.24) is 4.90 Å². The number of piperidine rings is 1. The number of nitrogens with one attached hydrogen (secondary N) is 1. The maximum absolute atomic E-state index is 13.5. The molecule has 1 heterocycles. The van der Waals surface area contributed by atoms with Gasteiger partial charge in [0.05, 0.1) is 34.8 Å². The molecule has 2 aromatic carbocycles. The number of anilines is 2. The van der Waals surface area contributed by atoms with Gasteiger partial charge in [-0.2, -0.15) is 0 Å². The van der Waals surface area contributed by atoms with E-state index >= 15 is 0 Å². The summed E-state index contributed by atoms with van der Waals surface area (Å²) in [6.07, 6.45) is 4.62. The van der Waals surface area contributed by atoms with Gasteiger partial charge in [-0.1, -0.05) is 60.8 Å². The zero-order valence-corrected chi connectivity index (χ0v) is 18.8. The first-order chi connectivity index (χ1) is 15.5. The summed E-state index contributed by atoms with van der Waals surface area (Å²) < 4.78 is 0. The quantitative estimate of drug-likeness (QED) is 0.535. The molecule has 7 heteroatoms. The van der Waals surface area contributed by atoms with Crippen molar-refractivity contribution < 1.29 is 14.7 Å². The molecule has 0 radical (unpaired) electrons. The molecule has 0 aromatic heterocycles. The molecule has 4 unspecified atom stereocenters. The van der Waals surface area contributed by atoms with Crippen molar-refractivity contribution in [2.75, 3.05) is 17.6 Å². The number of aliphatic carboxylic acids is 1. The zero-order chi connectivity index (χ0) is 22.7. The van der Waals surface area contributed by atoms with Crippen LogP contribution in [0.1, 0.15) is 50.1 Å². The molecule has 4 N–H and O–H groups in total. The Bertz CT molecular complexity index is 968. The maximum Gasteiger partial charge on any atom is 0.306 e. The summed E-state index contributed by atoms with van der Waals surface area (Å²) in [6.45, 7) is 0.498. The number of carboxylic acid groups (broad SMARTS) is 1. The molecule has 2 fully saturated rings. The molecule has 4 atom stereocenters. The van der Waals surface area contributed by atoms with E-state index in [0.29, 0.717) is 29.4 Å². The van der Waals surface area contributed by atoms with Gasteiger partial charge >= 0.3 is 5.97 Å². The molecule has 0 spiro atoms. The largest absolute Gasteiger partial charge is 0.481 e. The number of carbonyl (C=O) groups excluding carboxylic acids is 1. The van der Waals surface area contributed by atoms with Gasteiger partial charge in [0.25, 0.3) is 0 Å². The number of hydrogen-bond donors (Lipinski definition) is 3. The number of nitrogens with zero attached hydrogens (tertiary/aromatic N) is 1. The van der Waals surface area contributed by atoms with Crippen LogP contribution < -0.4 is 11.1 Å². The van der Waals surface area contributed by atoms with E-state index in [2.05, 4.69) is 5.32 Å². The number of carboxylic acids is 1. The van der Waals surface area contributed by atoms with Gasteiger partial charge in [0.2, 0.25) is 5.91 Å². The number of carbonyl (C=O) groups is 2. The fourth-order valence-corrected chi connectivity index (χ4v) is 5.53. The van der Waals surface area contributed by atoms with E-state index in [0.717, 1.165) is 31.2 Å². The Morgan fingerprint density at radius 1 is 1.09 bits per heavy atom. The first-order valence-corrected chi connectivity index (χ1v) is 11.7. The molecule has 1 saturated heterocycles. The van der Waals surface area contributed by atoms with E-state index in [1.54, 1.807) is 6.07 Å². The van der Waals surface area contributed by atoms with E-state index in [1.807, 2.05) is 47.4 Å². The summed E-state index contributed by atoms with van der Waals surface area (Å²) in [5.74, 6) is -0.980. The Morgan fingerprint density at radius 3 is 2.59 bits per heavy atom. The molecule has 1 aliphatic heterocycles. The minimum atomic E-state index is -0.728. The van der Waals surface area contributed by atoms with Crippen LogP contribution >= 0.6 is 11.6 Å². The number of benzene rings is 2. The molecule has 2 aromatic rings. The van der Waals surface area contributed by atoms with Gasteiger partial charge in [0.15, 0.2) is 0 Å². The number of hydrogen-bond acceptors (Lipinski definition) is 4. The third-order valence-electron chi connectivity index (χ3n) is 6.98. The normalized spacial score (nSPS) is 23.8. The summed E-state index contributed by atoms with van der Waals surface area (Å²) in [5.41, 5.74) is 8.30. The van der Waals surface area contributed by atoms with Gasteiger partial charge in [-0.25, -0.2) is 0 Å². The second-order valence-electron chi connectivity index (χ2n) is 8.85. The van der Waals surface area contributed by atoms with Crippen molar-refractivity contribution in [3.63, 3.8) is 0 Å². The lowest BCUT2D eigenvalue weighted by atomic mass is 9.71. The molecule has 32 heavy (non-hydrogen) atoms. The molecule has 170 valence electrons. The van der Waals surface area contributed by atoms with E-state index in [4.69, 9.17) is 17.3 Å². The van der Waals surface area contributed by atoms with Gasteiger partial charge in [0.1, 0.15) is 0 Å². The second kappa shape index (κ2) is 9.82. The van der Waals surface area contributed by atoms with Crippen molar-refractivity contribution in [3.8, 4) is 0 Å². The zero-order valence-electron chi connectivity index (χ0n) is 18.0. The highest BCUT2D eigenvalue weighted by Gasteiger charge is 2.44. The summed E-state index contributed by atoms with van der Waals surface area (Å²) in [5, 5.41) is 13.6. The molecule has 4 rings (SSSR count). The predicted molar refractivity (Wildman–Crippen MR) is 126 cm³/mol. The Labute approximate surface area is 193 Å². The number of nitrogen functional groups attached to an aromatic ring is 1. The average molecular weight is 456 g/mol. The van der Waals surface area contributed by atoms with Crippen molar-refractivity contribution in [2.24, 2.45) is 11.8 Å². The summed E-state index contributed by atoms with van der Waals surface area (Å²) >= 11 is 6.20. The van der Waals surface area contributed by atoms with Gasteiger partial charge in [-0.05, 0) is 42.9 Å². The van der Waals surface area contributed by atoms with E-state index < -0.39 is 5.97 Å². The molecule has 6 nitrogen and oxygen atoms in total. The van der Waals surface area contributed by atoms with E-state index in [9.17, 15) is 14.7 Å². The minimum absolute atomic E-state index is 0.0127. The fraction of sp³-hybridized carbons (Fsp3) is 0.440. The second-order valence-corrected chi connectivity index (χ2v) is 9.26. The van der Waals surface area contributed by atoms with Gasteiger partial charge < -0.3 is 21.1 Å². The van der Waals surface area contributed by atoms with Crippen LogP contribution in [-0.2, 0) is 9.59 Å². The lowest BCUT2D eigenvalue weighted by Gasteiger charge is -2.47. The Balaban J connectivity index is 1.56. The summed E-state index contributed by atoms with van der Waals surface area (Å²) in [7, 11) is 0. The molecule has 1 amide bonds. The minimum Gasteiger partial charge on any atom is -0.481 e. The van der Waals surface area contributed by atoms with Crippen molar-refractivity contribution in [1.29, 1.82) is 0 Å². The van der Waals surface area contributed by atoms with Crippen molar-refractivity contribution in [3.05, 3.63) is 59.1 Å². The lowest BCUT2D eigenvalue weighted by Crippen LogP contribution is -2.54. The molecule has 0 bridgehead atoms. The molecular formula is C25H30ClN3O3. The smallest absolute Gasteiger partial charge is 0.306 e. The molecule has 2 aliphatic rings. The average Bonchev–Trinajstić information content (AvgIpc) is 2.81. The van der Waals surface area contributed by atoms with Crippen molar-refractivity contribution in [2.45, 2.75) is 50.6 Å². The number of nitrogens with two attached hydrogens (primary N) is 1. The van der Waals surface area contributed by atoms with Crippen LogP contribution in [0.5, 0.6) is 0 Å².